The molecule has 2 aromatic heterocycles. The summed E-state index contributed by atoms with van der Waals surface area (Å²) >= 11 is 7.24. The molecule has 0 amide bonds. The van der Waals surface area contributed by atoms with Crippen LogP contribution in [0.2, 0.25) is 0 Å². The summed E-state index contributed by atoms with van der Waals surface area (Å²) in [6.45, 7) is 4.91. The molecule has 1 aliphatic heterocycles. The van der Waals surface area contributed by atoms with Crippen LogP contribution in [-0.2, 0) is 24.1 Å². The van der Waals surface area contributed by atoms with Crippen molar-refractivity contribution in [1.29, 1.82) is 0 Å². The lowest BCUT2D eigenvalue weighted by molar-refractivity contribution is 0.0362. The molecule has 136 valence electrons. The third-order valence-corrected chi connectivity index (χ3v) is 6.87. The lowest BCUT2D eigenvalue weighted by Gasteiger charge is -2.26. The topological polar surface area (TPSA) is 50.3 Å². The van der Waals surface area contributed by atoms with Crippen LogP contribution in [0, 0.1) is 4.77 Å². The summed E-state index contributed by atoms with van der Waals surface area (Å²) in [5.41, 5.74) is 1.39. The Hall–Kier alpha value is -1.02. The van der Waals surface area contributed by atoms with E-state index in [4.69, 9.17) is 17.0 Å². The van der Waals surface area contributed by atoms with E-state index in [-0.39, 0.29) is 5.56 Å². The summed E-state index contributed by atoms with van der Waals surface area (Å²) in [5.74, 6) is 0. The highest BCUT2D eigenvalue weighted by atomic mass is 32.1. The van der Waals surface area contributed by atoms with E-state index in [1.54, 1.807) is 15.9 Å². The maximum atomic E-state index is 13.2. The van der Waals surface area contributed by atoms with Gasteiger partial charge in [0.2, 0.25) is 0 Å². The predicted molar refractivity (Wildman–Crippen MR) is 104 cm³/mol. The van der Waals surface area contributed by atoms with Crippen molar-refractivity contribution in [1.82, 2.24) is 14.5 Å². The van der Waals surface area contributed by atoms with E-state index in [2.05, 4.69) is 9.88 Å². The standard InChI is InChI=1S/C18H25N3O2S2/c22-17-15-13-5-3-1-2-4-6-14(13)25-16(15)19-18(24)21(17)8-7-20-9-11-23-12-10-20/h1-12H2,(H,19,24). The van der Waals surface area contributed by atoms with Gasteiger partial charge in [0.05, 0.1) is 18.6 Å². The lowest BCUT2D eigenvalue weighted by Crippen LogP contribution is -2.39. The smallest absolute Gasteiger partial charge is 0.263 e. The summed E-state index contributed by atoms with van der Waals surface area (Å²) in [5, 5.41) is 0.900. The van der Waals surface area contributed by atoms with Crippen molar-refractivity contribution in [2.45, 2.75) is 45.1 Å². The third-order valence-electron chi connectivity index (χ3n) is 5.34. The maximum Gasteiger partial charge on any atom is 0.263 e. The number of aromatic nitrogens is 2. The molecule has 7 heteroatoms. The first kappa shape index (κ1) is 17.4. The molecule has 0 bridgehead atoms. The molecule has 0 unspecified atom stereocenters. The van der Waals surface area contributed by atoms with Crippen molar-refractivity contribution in [3.05, 3.63) is 25.6 Å². The highest BCUT2D eigenvalue weighted by Gasteiger charge is 2.19. The molecule has 3 heterocycles. The molecule has 1 fully saturated rings. The maximum absolute atomic E-state index is 13.2. The molecule has 1 N–H and O–H groups in total. The van der Waals surface area contributed by atoms with E-state index in [0.29, 0.717) is 11.3 Å². The molecule has 0 aromatic carbocycles. The van der Waals surface area contributed by atoms with Crippen LogP contribution < -0.4 is 5.56 Å². The van der Waals surface area contributed by atoms with Gasteiger partial charge in [0, 0.05) is 31.1 Å². The minimum Gasteiger partial charge on any atom is -0.379 e. The second-order valence-electron chi connectivity index (χ2n) is 6.96. The fourth-order valence-corrected chi connectivity index (χ4v) is 5.52. The Bertz CT molecular complexity index is 862. The van der Waals surface area contributed by atoms with Gasteiger partial charge in [-0.05, 0) is 43.5 Å². The van der Waals surface area contributed by atoms with Gasteiger partial charge >= 0.3 is 0 Å². The Kier molecular flexibility index (Phi) is 5.36. The lowest BCUT2D eigenvalue weighted by atomic mass is 9.98. The number of aryl methyl sites for hydroxylation is 2. The average molecular weight is 380 g/mol. The van der Waals surface area contributed by atoms with Gasteiger partial charge in [-0.15, -0.1) is 11.3 Å². The van der Waals surface area contributed by atoms with Crippen LogP contribution in [0.15, 0.2) is 4.79 Å². The predicted octanol–water partition coefficient (Wildman–Crippen LogP) is 3.11. The van der Waals surface area contributed by atoms with Gasteiger partial charge < -0.3 is 9.72 Å². The largest absolute Gasteiger partial charge is 0.379 e. The van der Waals surface area contributed by atoms with Crippen molar-refractivity contribution in [3.63, 3.8) is 0 Å². The minimum absolute atomic E-state index is 0.102. The van der Waals surface area contributed by atoms with E-state index in [1.807, 2.05) is 0 Å². The number of nitrogens with one attached hydrogen (secondary N) is 1. The van der Waals surface area contributed by atoms with E-state index in [9.17, 15) is 4.79 Å². The molecule has 1 saturated heterocycles. The molecule has 0 atom stereocenters. The SMILES string of the molecule is O=c1c2c3c(sc2[nH]c(=S)n1CCN1CCOCC1)CCCCCC3. The van der Waals surface area contributed by atoms with E-state index < -0.39 is 0 Å². The van der Waals surface area contributed by atoms with E-state index >= 15 is 0 Å². The van der Waals surface area contributed by atoms with E-state index in [1.165, 1.54) is 36.1 Å². The number of H-pyrrole nitrogens is 1. The van der Waals surface area contributed by atoms with Crippen LogP contribution in [0.3, 0.4) is 0 Å². The van der Waals surface area contributed by atoms with Gasteiger partial charge in [-0.2, -0.15) is 0 Å². The normalized spacial score (nSPS) is 19.5. The number of hydrogen-bond acceptors (Lipinski definition) is 5. The highest BCUT2D eigenvalue weighted by Crippen LogP contribution is 2.32. The number of nitrogens with zero attached hydrogens (tertiary/aromatic N) is 2. The Morgan fingerprint density at radius 3 is 2.64 bits per heavy atom. The average Bonchev–Trinajstić information content (AvgIpc) is 2.92. The summed E-state index contributed by atoms with van der Waals surface area (Å²) in [6.07, 6.45) is 7.10. The Morgan fingerprint density at radius 1 is 1.08 bits per heavy atom. The Labute approximate surface area is 156 Å². The van der Waals surface area contributed by atoms with Gasteiger partial charge in [0.1, 0.15) is 4.83 Å². The number of aromatic amines is 1. The van der Waals surface area contributed by atoms with Gasteiger partial charge in [0.25, 0.3) is 5.56 Å². The molecule has 4 rings (SSSR count). The molecular formula is C18H25N3O2S2. The first-order chi connectivity index (χ1) is 12.2. The molecule has 0 spiro atoms. The van der Waals surface area contributed by atoms with Gasteiger partial charge in [-0.1, -0.05) is 12.8 Å². The fourth-order valence-electron chi connectivity index (χ4n) is 3.89. The second-order valence-corrected chi connectivity index (χ2v) is 8.45. The molecule has 2 aliphatic rings. The highest BCUT2D eigenvalue weighted by molar-refractivity contribution is 7.71. The van der Waals surface area contributed by atoms with Crippen LogP contribution in [0.5, 0.6) is 0 Å². The number of thiophene rings is 1. The fraction of sp³-hybridized carbons (Fsp3) is 0.667. The van der Waals surface area contributed by atoms with Gasteiger partial charge in [0.15, 0.2) is 4.77 Å². The van der Waals surface area contributed by atoms with Crippen LogP contribution in [0.25, 0.3) is 10.2 Å². The van der Waals surface area contributed by atoms with Crippen molar-refractivity contribution < 1.29 is 4.74 Å². The number of morpholine rings is 1. The Morgan fingerprint density at radius 2 is 1.84 bits per heavy atom. The van der Waals surface area contributed by atoms with Crippen molar-refractivity contribution in [3.8, 4) is 0 Å². The van der Waals surface area contributed by atoms with Crippen LogP contribution >= 0.6 is 23.6 Å². The zero-order chi connectivity index (χ0) is 17.2. The molecular weight excluding hydrogens is 354 g/mol. The third kappa shape index (κ3) is 3.60. The second kappa shape index (κ2) is 7.70. The summed E-state index contributed by atoms with van der Waals surface area (Å²) in [7, 11) is 0. The zero-order valence-electron chi connectivity index (χ0n) is 14.5. The quantitative estimate of drug-likeness (QED) is 0.833. The summed E-state index contributed by atoms with van der Waals surface area (Å²) in [4.78, 5) is 21.2. The summed E-state index contributed by atoms with van der Waals surface area (Å²) in [6, 6.07) is 0. The number of hydrogen-bond donors (Lipinski definition) is 1. The number of fused-ring (bicyclic) bond motifs is 3. The Balaban J connectivity index is 1.68. The molecule has 0 radical (unpaired) electrons. The number of rotatable bonds is 3. The molecule has 0 saturated carbocycles. The molecule has 2 aromatic rings. The van der Waals surface area contributed by atoms with Crippen molar-refractivity contribution in [2.75, 3.05) is 32.8 Å². The van der Waals surface area contributed by atoms with Gasteiger partial charge in [-0.3, -0.25) is 14.3 Å². The number of ether oxygens (including phenoxy) is 1. The molecule has 25 heavy (non-hydrogen) atoms. The van der Waals surface area contributed by atoms with Crippen LogP contribution in [-0.4, -0.2) is 47.3 Å². The zero-order valence-corrected chi connectivity index (χ0v) is 16.1. The van der Waals surface area contributed by atoms with Crippen molar-refractivity contribution >= 4 is 33.8 Å². The monoisotopic (exact) mass is 379 g/mol. The summed E-state index contributed by atoms with van der Waals surface area (Å²) < 4.78 is 7.71. The molecule has 5 nitrogen and oxygen atoms in total. The van der Waals surface area contributed by atoms with Crippen molar-refractivity contribution in [2.24, 2.45) is 0 Å². The van der Waals surface area contributed by atoms with E-state index in [0.717, 1.165) is 55.9 Å². The molecule has 1 aliphatic carbocycles. The van der Waals surface area contributed by atoms with Gasteiger partial charge in [-0.25, -0.2) is 0 Å². The van der Waals surface area contributed by atoms with Crippen LogP contribution in [0.1, 0.15) is 36.1 Å². The van der Waals surface area contributed by atoms with Crippen LogP contribution in [0.4, 0.5) is 0 Å². The first-order valence-electron chi connectivity index (χ1n) is 9.31. The minimum atomic E-state index is 0.102. The first-order valence-corrected chi connectivity index (χ1v) is 10.5.